The van der Waals surface area contributed by atoms with E-state index in [2.05, 4.69) is 19.9 Å². The molecular formula is C17H20F4N6. The molecule has 0 bridgehead atoms. The second kappa shape index (κ2) is 7.61. The second-order valence-electron chi connectivity index (χ2n) is 6.65. The lowest BCUT2D eigenvalue weighted by Crippen LogP contribution is -2.39. The number of anilines is 2. The average molecular weight is 384 g/mol. The quantitative estimate of drug-likeness (QED) is 0.755. The molecule has 0 aromatic carbocycles. The highest BCUT2D eigenvalue weighted by atomic mass is 19.4. The minimum absolute atomic E-state index is 0.0918. The van der Waals surface area contributed by atoms with Gasteiger partial charge in [-0.15, -0.1) is 0 Å². The molecule has 146 valence electrons. The van der Waals surface area contributed by atoms with Gasteiger partial charge in [0.15, 0.2) is 11.6 Å². The van der Waals surface area contributed by atoms with Crippen molar-refractivity contribution in [2.45, 2.75) is 25.9 Å². The number of aryl methyl sites for hydroxylation is 1. The summed E-state index contributed by atoms with van der Waals surface area (Å²) in [7, 11) is 1.77. The van der Waals surface area contributed by atoms with Gasteiger partial charge in [-0.05, 0) is 31.7 Å². The van der Waals surface area contributed by atoms with E-state index in [0.29, 0.717) is 25.3 Å². The highest BCUT2D eigenvalue weighted by molar-refractivity contribution is 5.40. The summed E-state index contributed by atoms with van der Waals surface area (Å²) in [6.45, 7) is 3.28. The molecule has 1 fully saturated rings. The molecule has 0 radical (unpaired) electrons. The van der Waals surface area contributed by atoms with Gasteiger partial charge < -0.3 is 9.80 Å². The van der Waals surface area contributed by atoms with Crippen LogP contribution < -0.4 is 9.80 Å². The maximum absolute atomic E-state index is 14.1. The number of piperidine rings is 1. The molecule has 0 aliphatic carbocycles. The molecule has 0 saturated carbocycles. The van der Waals surface area contributed by atoms with Crippen molar-refractivity contribution in [3.8, 4) is 0 Å². The number of rotatable bonds is 4. The summed E-state index contributed by atoms with van der Waals surface area (Å²) in [5, 5.41) is 0. The van der Waals surface area contributed by atoms with Crippen molar-refractivity contribution in [1.29, 1.82) is 0 Å². The molecule has 2 aromatic rings. The van der Waals surface area contributed by atoms with Crippen LogP contribution in [0.25, 0.3) is 0 Å². The van der Waals surface area contributed by atoms with Crippen molar-refractivity contribution in [2.24, 2.45) is 5.92 Å². The van der Waals surface area contributed by atoms with Gasteiger partial charge in [-0.25, -0.2) is 24.3 Å². The third-order valence-electron chi connectivity index (χ3n) is 4.67. The molecule has 0 atom stereocenters. The molecule has 1 aliphatic rings. The highest BCUT2D eigenvalue weighted by Crippen LogP contribution is 2.29. The van der Waals surface area contributed by atoms with Crippen molar-refractivity contribution in [3.63, 3.8) is 0 Å². The van der Waals surface area contributed by atoms with Gasteiger partial charge in [-0.3, -0.25) is 0 Å². The van der Waals surface area contributed by atoms with Crippen LogP contribution in [0.1, 0.15) is 24.2 Å². The fourth-order valence-corrected chi connectivity index (χ4v) is 3.16. The van der Waals surface area contributed by atoms with Crippen LogP contribution in [0.5, 0.6) is 0 Å². The summed E-state index contributed by atoms with van der Waals surface area (Å²) >= 11 is 0. The molecule has 2 aromatic heterocycles. The Hall–Kier alpha value is -2.52. The zero-order valence-electron chi connectivity index (χ0n) is 15.0. The lowest BCUT2D eigenvalue weighted by Gasteiger charge is -2.34. The molecule has 0 spiro atoms. The van der Waals surface area contributed by atoms with Gasteiger partial charge in [0.25, 0.3) is 0 Å². The van der Waals surface area contributed by atoms with E-state index in [1.165, 1.54) is 6.33 Å². The Kier molecular flexibility index (Phi) is 5.43. The number of hydrogen-bond donors (Lipinski definition) is 0. The van der Waals surface area contributed by atoms with Crippen LogP contribution in [0.3, 0.4) is 0 Å². The molecule has 0 N–H and O–H groups in total. The van der Waals surface area contributed by atoms with Gasteiger partial charge in [0, 0.05) is 32.9 Å². The Bertz CT molecular complexity index is 789. The Morgan fingerprint density at radius 1 is 1.19 bits per heavy atom. The molecule has 1 aliphatic heterocycles. The summed E-state index contributed by atoms with van der Waals surface area (Å²) in [5.74, 6) is 0.182. The van der Waals surface area contributed by atoms with E-state index in [1.54, 1.807) is 23.8 Å². The van der Waals surface area contributed by atoms with E-state index in [-0.39, 0.29) is 17.7 Å². The van der Waals surface area contributed by atoms with Crippen molar-refractivity contribution in [3.05, 3.63) is 35.8 Å². The first-order valence-electron chi connectivity index (χ1n) is 8.59. The van der Waals surface area contributed by atoms with Crippen molar-refractivity contribution >= 4 is 11.8 Å². The van der Waals surface area contributed by atoms with Crippen LogP contribution in [-0.2, 0) is 6.18 Å². The zero-order chi connectivity index (χ0) is 19.6. The normalized spacial score (nSPS) is 15.9. The summed E-state index contributed by atoms with van der Waals surface area (Å²) in [5.41, 5.74) is -0.646. The summed E-state index contributed by atoms with van der Waals surface area (Å²) < 4.78 is 52.6. The van der Waals surface area contributed by atoms with E-state index in [4.69, 9.17) is 0 Å². The van der Waals surface area contributed by atoms with Gasteiger partial charge in [0.05, 0.1) is 5.69 Å². The van der Waals surface area contributed by atoms with Crippen molar-refractivity contribution < 1.29 is 17.6 Å². The van der Waals surface area contributed by atoms with Crippen LogP contribution in [0, 0.1) is 18.7 Å². The number of hydrogen-bond acceptors (Lipinski definition) is 6. The van der Waals surface area contributed by atoms with Gasteiger partial charge in [-0.2, -0.15) is 13.2 Å². The van der Waals surface area contributed by atoms with Gasteiger partial charge in [-0.1, -0.05) is 0 Å². The summed E-state index contributed by atoms with van der Waals surface area (Å²) in [6, 6.07) is 0.865. The monoisotopic (exact) mass is 384 g/mol. The third kappa shape index (κ3) is 4.42. The number of aromatic nitrogens is 4. The van der Waals surface area contributed by atoms with E-state index in [0.717, 1.165) is 25.1 Å². The zero-order valence-corrected chi connectivity index (χ0v) is 15.0. The van der Waals surface area contributed by atoms with E-state index >= 15 is 0 Å². The lowest BCUT2D eigenvalue weighted by atomic mass is 9.96. The molecule has 3 heterocycles. The molecule has 3 rings (SSSR count). The first-order chi connectivity index (χ1) is 12.8. The average Bonchev–Trinajstić information content (AvgIpc) is 2.64. The van der Waals surface area contributed by atoms with Crippen LogP contribution in [0.15, 0.2) is 18.6 Å². The molecule has 0 unspecified atom stereocenters. The maximum atomic E-state index is 14.1. The topological polar surface area (TPSA) is 58.0 Å². The largest absolute Gasteiger partial charge is 0.433 e. The molecule has 1 saturated heterocycles. The van der Waals surface area contributed by atoms with E-state index in [9.17, 15) is 17.6 Å². The van der Waals surface area contributed by atoms with Crippen molar-refractivity contribution in [2.75, 3.05) is 36.5 Å². The predicted octanol–water partition coefficient (Wildman–Crippen LogP) is 3.09. The van der Waals surface area contributed by atoms with Gasteiger partial charge >= 0.3 is 6.18 Å². The third-order valence-corrected chi connectivity index (χ3v) is 4.67. The van der Waals surface area contributed by atoms with E-state index < -0.39 is 17.7 Å². The van der Waals surface area contributed by atoms with Gasteiger partial charge in [0.1, 0.15) is 12.0 Å². The number of halogens is 4. The summed E-state index contributed by atoms with van der Waals surface area (Å²) in [4.78, 5) is 18.9. The fraction of sp³-hybridized carbons (Fsp3) is 0.529. The highest BCUT2D eigenvalue weighted by Gasteiger charge is 2.33. The van der Waals surface area contributed by atoms with Crippen molar-refractivity contribution in [1.82, 2.24) is 19.9 Å². The first-order valence-corrected chi connectivity index (χ1v) is 8.59. The number of nitrogens with zero attached hydrogens (tertiary/aromatic N) is 6. The Labute approximate surface area is 154 Å². The van der Waals surface area contributed by atoms with E-state index in [1.807, 2.05) is 0 Å². The molecule has 6 nitrogen and oxygen atoms in total. The van der Waals surface area contributed by atoms with Crippen LogP contribution in [-0.4, -0.2) is 46.6 Å². The van der Waals surface area contributed by atoms with Crippen LogP contribution in [0.4, 0.5) is 29.3 Å². The maximum Gasteiger partial charge on any atom is 0.433 e. The number of alkyl halides is 3. The second-order valence-corrected chi connectivity index (χ2v) is 6.65. The Morgan fingerprint density at radius 2 is 1.89 bits per heavy atom. The summed E-state index contributed by atoms with van der Waals surface area (Å²) in [6.07, 6.45) is -0.535. The smallest absolute Gasteiger partial charge is 0.357 e. The van der Waals surface area contributed by atoms with Crippen LogP contribution >= 0.6 is 0 Å². The standard InChI is InChI=1S/C17H20F4N6/c1-11-14(18)15(24-10-23-11)26(2)9-12-4-7-27(8-5-12)16-22-6-3-13(25-16)17(19,20)21/h3,6,10,12H,4-5,7-9H2,1-2H3. The van der Waals surface area contributed by atoms with Gasteiger partial charge in [0.2, 0.25) is 5.95 Å². The van der Waals surface area contributed by atoms with Crippen LogP contribution in [0.2, 0.25) is 0 Å². The molecule has 10 heteroatoms. The first kappa shape index (κ1) is 19.2. The minimum Gasteiger partial charge on any atom is -0.357 e. The minimum atomic E-state index is -4.49. The fourth-order valence-electron chi connectivity index (χ4n) is 3.16. The molecule has 0 amide bonds. The lowest BCUT2D eigenvalue weighted by molar-refractivity contribution is -0.141. The predicted molar refractivity (Wildman–Crippen MR) is 92.0 cm³/mol. The Morgan fingerprint density at radius 3 is 2.56 bits per heavy atom. The molecule has 27 heavy (non-hydrogen) atoms. The Balaban J connectivity index is 1.60. The molecular weight excluding hydrogens is 364 g/mol. The SMILES string of the molecule is Cc1ncnc(N(C)CC2CCN(c3nccc(C(F)(F)F)n3)CC2)c1F.